The van der Waals surface area contributed by atoms with Gasteiger partial charge in [-0.1, -0.05) is 0 Å². The summed E-state index contributed by atoms with van der Waals surface area (Å²) in [5.74, 6) is -1.36. The zero-order valence-electron chi connectivity index (χ0n) is 14.0. The van der Waals surface area contributed by atoms with Gasteiger partial charge in [0.25, 0.3) is 5.91 Å². The Morgan fingerprint density at radius 2 is 1.96 bits per heavy atom. The van der Waals surface area contributed by atoms with E-state index in [-0.39, 0.29) is 42.8 Å². The van der Waals surface area contributed by atoms with Crippen LogP contribution in [0.25, 0.3) is 0 Å². The molecule has 0 spiro atoms. The molecule has 1 aromatic rings. The summed E-state index contributed by atoms with van der Waals surface area (Å²) >= 11 is 0. The molecule has 1 aromatic heterocycles. The first-order chi connectivity index (χ1) is 11.6. The zero-order valence-corrected chi connectivity index (χ0v) is 15.6. The van der Waals surface area contributed by atoms with E-state index in [1.54, 1.807) is 0 Å². The molecule has 7 nitrogen and oxygen atoms in total. The quantitative estimate of drug-likeness (QED) is 0.709. The highest BCUT2D eigenvalue weighted by molar-refractivity contribution is 7.89. The normalized spacial score (nSPS) is 17.4. The first kappa shape index (κ1) is 22.7. The van der Waals surface area contributed by atoms with Crippen molar-refractivity contribution in [1.29, 1.82) is 0 Å². The number of nitrogens with one attached hydrogen (secondary N) is 2. The average molecular weight is 420 g/mol. The lowest BCUT2D eigenvalue weighted by molar-refractivity contribution is -0.183. The monoisotopic (exact) mass is 419 g/mol. The number of halogens is 4. The van der Waals surface area contributed by atoms with Crippen molar-refractivity contribution in [1.82, 2.24) is 15.5 Å². The second-order valence-corrected chi connectivity index (χ2v) is 8.03. The van der Waals surface area contributed by atoms with Crippen LogP contribution in [0.15, 0.2) is 16.5 Å². The Hall–Kier alpha value is -1.30. The molecular formula is C14H21ClF3N3O4S. The lowest BCUT2D eigenvalue weighted by atomic mass is 10.2. The van der Waals surface area contributed by atoms with E-state index < -0.39 is 34.5 Å². The minimum Gasteiger partial charge on any atom is -0.455 e. The standard InChI is InChI=1S/C14H20F3N3O4S.ClH/c1-25(22,23)9-10-2-3-11(24-10)13(21)19-8-12(14(15,16)17)20-6-4-18-5-7-20;/h2-3,12,18H,4-9H2,1H3,(H,19,21);1H. The summed E-state index contributed by atoms with van der Waals surface area (Å²) in [4.78, 5) is 13.3. The molecule has 1 aliphatic heterocycles. The van der Waals surface area contributed by atoms with Crippen LogP contribution in [-0.4, -0.2) is 70.4 Å². The van der Waals surface area contributed by atoms with Crippen LogP contribution in [0, 0.1) is 0 Å². The molecule has 0 bridgehead atoms. The smallest absolute Gasteiger partial charge is 0.405 e. The number of carbonyl (C=O) groups is 1. The molecule has 2 rings (SSSR count). The van der Waals surface area contributed by atoms with Crippen LogP contribution >= 0.6 is 12.4 Å². The van der Waals surface area contributed by atoms with Gasteiger partial charge in [-0.2, -0.15) is 13.2 Å². The molecule has 1 unspecified atom stereocenters. The molecule has 2 heterocycles. The van der Waals surface area contributed by atoms with Gasteiger partial charge in [0.05, 0.1) is 0 Å². The van der Waals surface area contributed by atoms with E-state index in [1.807, 2.05) is 0 Å². The molecule has 0 aromatic carbocycles. The van der Waals surface area contributed by atoms with E-state index >= 15 is 0 Å². The number of carbonyl (C=O) groups excluding carboxylic acids is 1. The third kappa shape index (κ3) is 6.78. The van der Waals surface area contributed by atoms with Crippen LogP contribution in [-0.2, 0) is 15.6 Å². The molecule has 1 amide bonds. The number of furan rings is 1. The van der Waals surface area contributed by atoms with Crippen LogP contribution in [0.1, 0.15) is 16.3 Å². The Morgan fingerprint density at radius 1 is 1.35 bits per heavy atom. The van der Waals surface area contributed by atoms with E-state index in [2.05, 4.69) is 10.6 Å². The minimum absolute atomic E-state index is 0. The van der Waals surface area contributed by atoms with E-state index in [4.69, 9.17) is 4.42 Å². The van der Waals surface area contributed by atoms with Gasteiger partial charge in [-0.25, -0.2) is 8.42 Å². The highest BCUT2D eigenvalue weighted by Crippen LogP contribution is 2.25. The molecule has 150 valence electrons. The zero-order chi connectivity index (χ0) is 18.7. The SMILES string of the molecule is CS(=O)(=O)Cc1ccc(C(=O)NCC(N2CCNCC2)C(F)(F)F)o1.Cl. The van der Waals surface area contributed by atoms with Gasteiger partial charge < -0.3 is 15.1 Å². The third-order valence-electron chi connectivity index (χ3n) is 3.72. The summed E-state index contributed by atoms with van der Waals surface area (Å²) < 4.78 is 67.2. The van der Waals surface area contributed by atoms with Gasteiger partial charge in [-0.3, -0.25) is 9.69 Å². The van der Waals surface area contributed by atoms with E-state index in [1.165, 1.54) is 17.0 Å². The molecule has 1 fully saturated rings. The largest absolute Gasteiger partial charge is 0.455 e. The summed E-state index contributed by atoms with van der Waals surface area (Å²) in [5.41, 5.74) is 0. The molecular weight excluding hydrogens is 399 g/mol. The fraction of sp³-hybridized carbons (Fsp3) is 0.643. The molecule has 2 N–H and O–H groups in total. The number of amides is 1. The third-order valence-corrected chi connectivity index (χ3v) is 4.52. The number of hydrogen-bond acceptors (Lipinski definition) is 6. The first-order valence-electron chi connectivity index (χ1n) is 7.62. The second kappa shape index (κ2) is 9.07. The number of piperazine rings is 1. The highest BCUT2D eigenvalue weighted by atomic mass is 35.5. The van der Waals surface area contributed by atoms with Gasteiger partial charge in [-0.05, 0) is 12.1 Å². The van der Waals surface area contributed by atoms with Crippen molar-refractivity contribution < 1.29 is 30.8 Å². The van der Waals surface area contributed by atoms with Crippen molar-refractivity contribution in [2.45, 2.75) is 18.0 Å². The molecule has 1 atom stereocenters. The molecule has 0 radical (unpaired) electrons. The van der Waals surface area contributed by atoms with Crippen LogP contribution in [0.3, 0.4) is 0 Å². The maximum atomic E-state index is 13.2. The van der Waals surface area contributed by atoms with Crippen molar-refractivity contribution >= 4 is 28.2 Å². The second-order valence-electron chi connectivity index (χ2n) is 5.89. The van der Waals surface area contributed by atoms with Crippen molar-refractivity contribution in [2.75, 3.05) is 39.0 Å². The van der Waals surface area contributed by atoms with Gasteiger partial charge in [0, 0.05) is 39.0 Å². The Kier molecular flexibility index (Phi) is 7.93. The van der Waals surface area contributed by atoms with Crippen molar-refractivity contribution in [3.8, 4) is 0 Å². The number of rotatable bonds is 6. The number of sulfone groups is 1. The molecule has 26 heavy (non-hydrogen) atoms. The van der Waals surface area contributed by atoms with Crippen molar-refractivity contribution in [2.24, 2.45) is 0 Å². The minimum atomic E-state index is -4.48. The Bertz CT molecular complexity index is 703. The number of nitrogens with zero attached hydrogens (tertiary/aromatic N) is 1. The van der Waals surface area contributed by atoms with E-state index in [0.29, 0.717) is 13.1 Å². The number of hydrogen-bond donors (Lipinski definition) is 2. The predicted molar refractivity (Wildman–Crippen MR) is 91.1 cm³/mol. The lowest BCUT2D eigenvalue weighted by Gasteiger charge is -2.35. The van der Waals surface area contributed by atoms with Gasteiger partial charge in [0.15, 0.2) is 15.6 Å². The van der Waals surface area contributed by atoms with E-state index in [9.17, 15) is 26.4 Å². The van der Waals surface area contributed by atoms with E-state index in [0.717, 1.165) is 6.26 Å². The molecule has 12 heteroatoms. The van der Waals surface area contributed by atoms with Crippen LogP contribution in [0.2, 0.25) is 0 Å². The van der Waals surface area contributed by atoms with Crippen LogP contribution < -0.4 is 10.6 Å². The highest BCUT2D eigenvalue weighted by Gasteiger charge is 2.43. The fourth-order valence-corrected chi connectivity index (χ4v) is 3.23. The van der Waals surface area contributed by atoms with Gasteiger partial charge >= 0.3 is 6.18 Å². The Labute approximate surface area is 155 Å². The topological polar surface area (TPSA) is 91.7 Å². The Morgan fingerprint density at radius 3 is 2.50 bits per heavy atom. The van der Waals surface area contributed by atoms with Gasteiger partial charge in [-0.15, -0.1) is 12.4 Å². The lowest BCUT2D eigenvalue weighted by Crippen LogP contribution is -2.57. The van der Waals surface area contributed by atoms with Gasteiger partial charge in [0.2, 0.25) is 0 Å². The van der Waals surface area contributed by atoms with Crippen molar-refractivity contribution in [3.05, 3.63) is 23.7 Å². The number of alkyl halides is 3. The predicted octanol–water partition coefficient (Wildman–Crippen LogP) is 0.812. The van der Waals surface area contributed by atoms with Crippen molar-refractivity contribution in [3.63, 3.8) is 0 Å². The summed E-state index contributed by atoms with van der Waals surface area (Å²) in [5, 5.41) is 5.19. The maximum Gasteiger partial charge on any atom is 0.405 e. The summed E-state index contributed by atoms with van der Waals surface area (Å²) in [6, 6.07) is 0.764. The summed E-state index contributed by atoms with van der Waals surface area (Å²) in [7, 11) is -3.34. The Balaban J connectivity index is 0.00000338. The molecule has 1 saturated heterocycles. The fourth-order valence-electron chi connectivity index (χ4n) is 2.56. The van der Waals surface area contributed by atoms with Crippen LogP contribution in [0.4, 0.5) is 13.2 Å². The van der Waals surface area contributed by atoms with Gasteiger partial charge in [0.1, 0.15) is 17.6 Å². The molecule has 1 aliphatic rings. The molecule has 0 aliphatic carbocycles. The van der Waals surface area contributed by atoms with Crippen LogP contribution in [0.5, 0.6) is 0 Å². The first-order valence-corrected chi connectivity index (χ1v) is 9.68. The average Bonchev–Trinajstić information content (AvgIpc) is 2.93. The molecule has 0 saturated carbocycles. The summed E-state index contributed by atoms with van der Waals surface area (Å²) in [6.07, 6.45) is -3.47. The summed E-state index contributed by atoms with van der Waals surface area (Å²) in [6.45, 7) is 0.768. The maximum absolute atomic E-state index is 13.2.